The predicted octanol–water partition coefficient (Wildman–Crippen LogP) is 1.89. The highest BCUT2D eigenvalue weighted by Crippen LogP contribution is 2.41. The van der Waals surface area contributed by atoms with E-state index in [1.807, 2.05) is 6.08 Å². The maximum Gasteiger partial charge on any atom is 0.308 e. The summed E-state index contributed by atoms with van der Waals surface area (Å²) in [7, 11) is 0. The fourth-order valence-electron chi connectivity index (χ4n) is 3.13. The highest BCUT2D eigenvalue weighted by atomic mass is 16.4. The lowest BCUT2D eigenvalue weighted by Crippen LogP contribution is -2.33. The zero-order valence-electron chi connectivity index (χ0n) is 9.06. The minimum Gasteiger partial charge on any atom is -0.481 e. The molecule has 15 heavy (non-hydrogen) atoms. The molecule has 3 nitrogen and oxygen atoms in total. The van der Waals surface area contributed by atoms with Crippen LogP contribution in [0.1, 0.15) is 32.1 Å². The second kappa shape index (κ2) is 4.35. The van der Waals surface area contributed by atoms with Crippen LogP contribution >= 0.6 is 0 Å². The average Bonchev–Trinajstić information content (AvgIpc) is 2.75. The fraction of sp³-hybridized carbons (Fsp3) is 0.750. The predicted molar refractivity (Wildman–Crippen MR) is 58.7 cm³/mol. The maximum atomic E-state index is 11.0. The van der Waals surface area contributed by atoms with Gasteiger partial charge in [0.15, 0.2) is 0 Å². The van der Waals surface area contributed by atoms with E-state index in [9.17, 15) is 4.79 Å². The van der Waals surface area contributed by atoms with Crippen molar-refractivity contribution in [2.45, 2.75) is 44.2 Å². The number of hydrogen-bond acceptors (Lipinski definition) is 2. The molecule has 0 aromatic heterocycles. The summed E-state index contributed by atoms with van der Waals surface area (Å²) in [5.74, 6) is -0.705. The van der Waals surface area contributed by atoms with Gasteiger partial charge in [0.1, 0.15) is 0 Å². The molecule has 2 fully saturated rings. The van der Waals surface area contributed by atoms with Crippen LogP contribution in [0.15, 0.2) is 12.7 Å². The van der Waals surface area contributed by atoms with Crippen molar-refractivity contribution in [3.8, 4) is 0 Å². The van der Waals surface area contributed by atoms with E-state index in [1.54, 1.807) is 0 Å². The van der Waals surface area contributed by atoms with Crippen molar-refractivity contribution in [3.05, 3.63) is 12.7 Å². The molecule has 3 heteroatoms. The largest absolute Gasteiger partial charge is 0.481 e. The van der Waals surface area contributed by atoms with Crippen molar-refractivity contribution in [3.63, 3.8) is 0 Å². The first kappa shape index (κ1) is 10.7. The molecule has 84 valence electrons. The number of allylic oxidation sites excluding steroid dienone is 1. The number of rotatable bonds is 5. The average molecular weight is 209 g/mol. The number of carboxylic acids is 1. The molecule has 3 unspecified atom stereocenters. The Kier molecular flexibility index (Phi) is 3.10. The number of nitrogens with zero attached hydrogens (tertiary/aromatic N) is 1. The van der Waals surface area contributed by atoms with Crippen molar-refractivity contribution < 1.29 is 9.90 Å². The fourth-order valence-corrected chi connectivity index (χ4v) is 3.13. The second-order valence-electron chi connectivity index (χ2n) is 4.65. The molecule has 0 saturated carbocycles. The van der Waals surface area contributed by atoms with Gasteiger partial charge in [-0.05, 0) is 38.6 Å². The van der Waals surface area contributed by atoms with Crippen molar-refractivity contribution in [1.82, 2.24) is 4.90 Å². The summed E-state index contributed by atoms with van der Waals surface area (Å²) in [4.78, 5) is 13.4. The van der Waals surface area contributed by atoms with E-state index < -0.39 is 5.97 Å². The molecule has 2 saturated heterocycles. The topological polar surface area (TPSA) is 40.5 Å². The number of carboxylic acid groups (broad SMARTS) is 1. The van der Waals surface area contributed by atoms with E-state index >= 15 is 0 Å². The summed E-state index contributed by atoms with van der Waals surface area (Å²) < 4.78 is 0. The summed E-state index contributed by atoms with van der Waals surface area (Å²) in [5, 5.41) is 9.08. The molecule has 2 aliphatic rings. The van der Waals surface area contributed by atoms with Gasteiger partial charge in [0.05, 0.1) is 5.92 Å². The normalized spacial score (nSPS) is 34.5. The number of carbonyl (C=O) groups is 1. The highest BCUT2D eigenvalue weighted by molar-refractivity contribution is 5.71. The van der Waals surface area contributed by atoms with Gasteiger partial charge in [0, 0.05) is 12.1 Å². The van der Waals surface area contributed by atoms with Crippen LogP contribution in [0.25, 0.3) is 0 Å². The van der Waals surface area contributed by atoms with E-state index in [2.05, 4.69) is 11.5 Å². The molecule has 0 aliphatic carbocycles. The Morgan fingerprint density at radius 2 is 2.33 bits per heavy atom. The van der Waals surface area contributed by atoms with Gasteiger partial charge in [-0.1, -0.05) is 6.08 Å². The standard InChI is InChI=1S/C12H19NO2/c1-2-3-4-7-13-9-5-6-11(13)10(8-9)12(14)15/h2,9-11H,1,3-8H2,(H,14,15). The zero-order valence-corrected chi connectivity index (χ0v) is 9.06. The smallest absolute Gasteiger partial charge is 0.308 e. The van der Waals surface area contributed by atoms with Crippen LogP contribution in [-0.2, 0) is 4.79 Å². The van der Waals surface area contributed by atoms with Crippen LogP contribution in [0.3, 0.4) is 0 Å². The number of fused-ring (bicyclic) bond motifs is 2. The van der Waals surface area contributed by atoms with Crippen molar-refractivity contribution in [2.75, 3.05) is 6.54 Å². The third-order valence-electron chi connectivity index (χ3n) is 3.82. The monoisotopic (exact) mass is 209 g/mol. The Bertz CT molecular complexity index is 264. The molecule has 3 atom stereocenters. The second-order valence-corrected chi connectivity index (χ2v) is 4.65. The van der Waals surface area contributed by atoms with Gasteiger partial charge in [-0.3, -0.25) is 9.69 Å². The number of hydrogen-bond donors (Lipinski definition) is 1. The van der Waals surface area contributed by atoms with E-state index in [-0.39, 0.29) is 5.92 Å². The molecule has 2 bridgehead atoms. The van der Waals surface area contributed by atoms with E-state index in [0.717, 1.165) is 32.2 Å². The lowest BCUT2D eigenvalue weighted by molar-refractivity contribution is -0.142. The van der Waals surface area contributed by atoms with Gasteiger partial charge in [0.25, 0.3) is 0 Å². The van der Waals surface area contributed by atoms with Crippen LogP contribution in [0.4, 0.5) is 0 Å². The van der Waals surface area contributed by atoms with Crippen molar-refractivity contribution in [1.29, 1.82) is 0 Å². The summed E-state index contributed by atoms with van der Waals surface area (Å²) in [6.45, 7) is 4.76. The first-order chi connectivity index (χ1) is 7.24. The lowest BCUT2D eigenvalue weighted by Gasteiger charge is -2.22. The molecule has 2 aliphatic heterocycles. The highest BCUT2D eigenvalue weighted by Gasteiger charge is 2.48. The third-order valence-corrected chi connectivity index (χ3v) is 3.82. The van der Waals surface area contributed by atoms with Crippen LogP contribution in [-0.4, -0.2) is 34.6 Å². The molecule has 2 heterocycles. The molecule has 2 rings (SSSR count). The Balaban J connectivity index is 1.91. The summed E-state index contributed by atoms with van der Waals surface area (Å²) in [6.07, 6.45) is 7.23. The molecule has 0 aromatic carbocycles. The summed E-state index contributed by atoms with van der Waals surface area (Å²) in [5.41, 5.74) is 0. The maximum absolute atomic E-state index is 11.0. The molecule has 1 N–H and O–H groups in total. The molecule has 0 spiro atoms. The van der Waals surface area contributed by atoms with Crippen molar-refractivity contribution >= 4 is 5.97 Å². The SMILES string of the molecule is C=CCCCN1C2CCC1C(C(=O)O)C2. The summed E-state index contributed by atoms with van der Waals surface area (Å²) >= 11 is 0. The van der Waals surface area contributed by atoms with Crippen LogP contribution in [0, 0.1) is 5.92 Å². The Morgan fingerprint density at radius 1 is 1.53 bits per heavy atom. The van der Waals surface area contributed by atoms with Gasteiger partial charge < -0.3 is 5.11 Å². The molecular formula is C12H19NO2. The van der Waals surface area contributed by atoms with Crippen molar-refractivity contribution in [2.24, 2.45) is 5.92 Å². The minimum absolute atomic E-state index is 0.104. The number of unbranched alkanes of at least 4 members (excludes halogenated alkanes) is 1. The molecule has 0 aromatic rings. The van der Waals surface area contributed by atoms with E-state index in [0.29, 0.717) is 12.1 Å². The lowest BCUT2D eigenvalue weighted by atomic mass is 9.89. The molecular weight excluding hydrogens is 190 g/mol. The van der Waals surface area contributed by atoms with E-state index in [1.165, 1.54) is 6.42 Å². The van der Waals surface area contributed by atoms with Gasteiger partial charge >= 0.3 is 5.97 Å². The van der Waals surface area contributed by atoms with Crippen LogP contribution in [0.5, 0.6) is 0 Å². The first-order valence-electron chi connectivity index (χ1n) is 5.83. The van der Waals surface area contributed by atoms with Gasteiger partial charge in [-0.25, -0.2) is 0 Å². The quantitative estimate of drug-likeness (QED) is 0.555. The van der Waals surface area contributed by atoms with Gasteiger partial charge in [-0.2, -0.15) is 0 Å². The molecule has 0 radical (unpaired) electrons. The minimum atomic E-state index is -0.601. The van der Waals surface area contributed by atoms with Gasteiger partial charge in [0.2, 0.25) is 0 Å². The zero-order chi connectivity index (χ0) is 10.8. The Labute approximate surface area is 90.8 Å². The van der Waals surface area contributed by atoms with Crippen LogP contribution in [0.2, 0.25) is 0 Å². The molecule has 0 amide bonds. The Hall–Kier alpha value is -0.830. The van der Waals surface area contributed by atoms with Crippen LogP contribution < -0.4 is 0 Å². The van der Waals surface area contributed by atoms with E-state index in [4.69, 9.17) is 5.11 Å². The number of aliphatic carboxylic acids is 1. The summed E-state index contributed by atoms with van der Waals surface area (Å²) in [6, 6.07) is 0.859. The Morgan fingerprint density at radius 3 is 2.93 bits per heavy atom. The first-order valence-corrected chi connectivity index (χ1v) is 5.83. The van der Waals surface area contributed by atoms with Gasteiger partial charge in [-0.15, -0.1) is 6.58 Å². The third kappa shape index (κ3) is 1.93.